The molecule has 3 aromatic rings. The van der Waals surface area contributed by atoms with Crippen LogP contribution < -0.4 is 14.4 Å². The lowest BCUT2D eigenvalue weighted by Crippen LogP contribution is -2.44. The third-order valence-electron chi connectivity index (χ3n) is 6.98. The van der Waals surface area contributed by atoms with Crippen LogP contribution in [0.3, 0.4) is 0 Å². The number of carbonyl (C=O) groups is 1. The molecule has 6 heteroatoms. The van der Waals surface area contributed by atoms with Crippen molar-refractivity contribution in [2.45, 2.75) is 18.0 Å². The van der Waals surface area contributed by atoms with Crippen molar-refractivity contribution in [2.24, 2.45) is 5.41 Å². The molecule has 2 heterocycles. The van der Waals surface area contributed by atoms with E-state index in [0.717, 1.165) is 11.3 Å². The minimum absolute atomic E-state index is 0.153. The topological polar surface area (TPSA) is 86.3 Å². The summed E-state index contributed by atoms with van der Waals surface area (Å²) in [5, 5.41) is 21.1. The molecule has 0 radical (unpaired) electrons. The number of fused-ring (bicyclic) bond motifs is 3. The first-order valence-electron chi connectivity index (χ1n) is 11.3. The lowest BCUT2D eigenvalue weighted by atomic mass is 9.69. The largest absolute Gasteiger partial charge is 0.497 e. The van der Waals surface area contributed by atoms with Crippen molar-refractivity contribution in [3.63, 3.8) is 0 Å². The number of nitrogens with zero attached hydrogens (tertiary/aromatic N) is 3. The molecule has 0 N–H and O–H groups in total. The molecule has 5 rings (SSSR count). The molecule has 0 unspecified atom stereocenters. The maximum atomic E-state index is 14.2. The third kappa shape index (κ3) is 3.34. The molecule has 1 saturated heterocycles. The van der Waals surface area contributed by atoms with Gasteiger partial charge in [-0.25, -0.2) is 0 Å². The summed E-state index contributed by atoms with van der Waals surface area (Å²) in [4.78, 5) is 16.1. The lowest BCUT2D eigenvalue weighted by Gasteiger charge is -2.35. The van der Waals surface area contributed by atoms with Crippen molar-refractivity contribution in [3.05, 3.63) is 95.6 Å². The zero-order chi connectivity index (χ0) is 24.6. The van der Waals surface area contributed by atoms with E-state index in [-0.39, 0.29) is 5.78 Å². The number of hydrogen-bond donors (Lipinski definition) is 0. The molecule has 2 aliphatic heterocycles. The van der Waals surface area contributed by atoms with Crippen LogP contribution in [0.4, 0.5) is 5.69 Å². The summed E-state index contributed by atoms with van der Waals surface area (Å²) in [6.45, 7) is 0. The van der Waals surface area contributed by atoms with E-state index in [9.17, 15) is 15.3 Å². The first-order chi connectivity index (χ1) is 17.1. The highest BCUT2D eigenvalue weighted by molar-refractivity contribution is 6.04. The first-order valence-corrected chi connectivity index (χ1v) is 11.3. The van der Waals surface area contributed by atoms with Gasteiger partial charge in [0.05, 0.1) is 32.4 Å². The van der Waals surface area contributed by atoms with Crippen LogP contribution in [0.1, 0.15) is 27.4 Å². The van der Waals surface area contributed by atoms with Crippen molar-refractivity contribution in [1.29, 1.82) is 10.5 Å². The van der Waals surface area contributed by atoms with Gasteiger partial charge in [-0.1, -0.05) is 60.7 Å². The SMILES string of the molecule is COc1cc(OC)cc([C@@H]2[C@@H](C(=O)c3ccccc3)N3c4ccccc4C=C[C@@H]3C2(C#N)C#N)c1. The van der Waals surface area contributed by atoms with Crippen LogP contribution in [0, 0.1) is 28.1 Å². The van der Waals surface area contributed by atoms with Crippen molar-refractivity contribution >= 4 is 17.5 Å². The van der Waals surface area contributed by atoms with Gasteiger partial charge in [0.15, 0.2) is 11.2 Å². The average molecular weight is 462 g/mol. The zero-order valence-electron chi connectivity index (χ0n) is 19.4. The van der Waals surface area contributed by atoms with Gasteiger partial charge in [-0.05, 0) is 29.3 Å². The first kappa shape index (κ1) is 22.3. The number of ketones is 1. The molecule has 0 aliphatic carbocycles. The van der Waals surface area contributed by atoms with Crippen molar-refractivity contribution in [2.75, 3.05) is 19.1 Å². The second-order valence-corrected chi connectivity index (χ2v) is 8.66. The van der Waals surface area contributed by atoms with Gasteiger partial charge in [0.2, 0.25) is 0 Å². The minimum atomic E-state index is -1.53. The molecule has 0 saturated carbocycles. The van der Waals surface area contributed by atoms with Crippen molar-refractivity contribution < 1.29 is 14.3 Å². The fourth-order valence-corrected chi connectivity index (χ4v) is 5.39. The van der Waals surface area contributed by atoms with Crippen LogP contribution in [-0.2, 0) is 0 Å². The van der Waals surface area contributed by atoms with E-state index in [1.54, 1.807) is 44.6 Å². The highest BCUT2D eigenvalue weighted by Crippen LogP contribution is 2.56. The molecule has 1 fully saturated rings. The number of Topliss-reactive ketones (excluding diaryl/α,β-unsaturated/α-hetero) is 1. The van der Waals surface area contributed by atoms with Gasteiger partial charge in [0, 0.05) is 23.2 Å². The van der Waals surface area contributed by atoms with Crippen molar-refractivity contribution in [1.82, 2.24) is 0 Å². The molecule has 0 bridgehead atoms. The Morgan fingerprint density at radius 2 is 1.54 bits per heavy atom. The number of para-hydroxylation sites is 1. The predicted octanol–water partition coefficient (Wildman–Crippen LogP) is 4.99. The van der Waals surface area contributed by atoms with E-state index in [4.69, 9.17) is 9.47 Å². The zero-order valence-corrected chi connectivity index (χ0v) is 19.4. The maximum absolute atomic E-state index is 14.2. The number of anilines is 1. The number of carbonyl (C=O) groups excluding carboxylic acids is 1. The van der Waals surface area contributed by atoms with Crippen LogP contribution in [0.5, 0.6) is 11.5 Å². The molecule has 0 spiro atoms. The number of rotatable bonds is 5. The van der Waals surface area contributed by atoms with E-state index >= 15 is 0 Å². The Morgan fingerprint density at radius 1 is 0.914 bits per heavy atom. The molecule has 3 atom stereocenters. The van der Waals surface area contributed by atoms with E-state index in [1.165, 1.54) is 0 Å². The second kappa shape index (κ2) is 8.66. The van der Waals surface area contributed by atoms with E-state index in [2.05, 4.69) is 12.1 Å². The quantitative estimate of drug-likeness (QED) is 0.498. The molecule has 2 aliphatic rings. The highest BCUT2D eigenvalue weighted by atomic mass is 16.5. The molecule has 35 heavy (non-hydrogen) atoms. The van der Waals surface area contributed by atoms with Crippen LogP contribution >= 0.6 is 0 Å². The number of ether oxygens (including phenoxy) is 2. The van der Waals surface area contributed by atoms with Crippen molar-refractivity contribution in [3.8, 4) is 23.6 Å². The van der Waals surface area contributed by atoms with E-state index in [1.807, 2.05) is 59.5 Å². The monoisotopic (exact) mass is 461 g/mol. The molecular formula is C29H23N3O3. The van der Waals surface area contributed by atoms with Crippen LogP contribution in [0.25, 0.3) is 6.08 Å². The molecule has 172 valence electrons. The molecule has 0 aromatic heterocycles. The van der Waals surface area contributed by atoms with Gasteiger partial charge in [-0.3, -0.25) is 4.79 Å². The third-order valence-corrected chi connectivity index (χ3v) is 6.98. The summed E-state index contributed by atoms with van der Waals surface area (Å²) in [6, 6.07) is 25.3. The normalized spacial score (nSPS) is 21.3. The van der Waals surface area contributed by atoms with Crippen LogP contribution in [-0.4, -0.2) is 32.1 Å². The fraction of sp³-hybridized carbons (Fsp3) is 0.207. The number of nitriles is 2. The summed E-state index contributed by atoms with van der Waals surface area (Å²) >= 11 is 0. The van der Waals surface area contributed by atoms with E-state index in [0.29, 0.717) is 22.6 Å². The van der Waals surface area contributed by atoms with E-state index < -0.39 is 23.4 Å². The molecule has 3 aromatic carbocycles. The summed E-state index contributed by atoms with van der Waals surface area (Å²) in [5.41, 5.74) is 1.38. The fourth-order valence-electron chi connectivity index (χ4n) is 5.39. The highest BCUT2D eigenvalue weighted by Gasteiger charge is 2.63. The molecule has 0 amide bonds. The summed E-state index contributed by atoms with van der Waals surface area (Å²) < 4.78 is 11.0. The number of hydrogen-bond acceptors (Lipinski definition) is 6. The minimum Gasteiger partial charge on any atom is -0.497 e. The number of methoxy groups -OCH3 is 2. The lowest BCUT2D eigenvalue weighted by molar-refractivity contribution is 0.0950. The Morgan fingerprint density at radius 3 is 2.17 bits per heavy atom. The summed E-state index contributed by atoms with van der Waals surface area (Å²) in [5.74, 6) is 0.126. The predicted molar refractivity (Wildman–Crippen MR) is 132 cm³/mol. The van der Waals surface area contributed by atoms with Gasteiger partial charge in [0.25, 0.3) is 0 Å². The van der Waals surface area contributed by atoms with Gasteiger partial charge < -0.3 is 14.4 Å². The molecule has 6 nitrogen and oxygen atoms in total. The maximum Gasteiger partial charge on any atom is 0.185 e. The van der Waals surface area contributed by atoms with Gasteiger partial charge >= 0.3 is 0 Å². The Labute approximate surface area is 204 Å². The van der Waals surface area contributed by atoms with Crippen LogP contribution in [0.15, 0.2) is 78.9 Å². The Hall–Kier alpha value is -4.55. The number of benzene rings is 3. The Kier molecular flexibility index (Phi) is 5.51. The summed E-state index contributed by atoms with van der Waals surface area (Å²) in [7, 11) is 3.09. The summed E-state index contributed by atoms with van der Waals surface area (Å²) in [6.07, 6.45) is 3.80. The Bertz CT molecular complexity index is 1360. The van der Waals surface area contributed by atoms with Gasteiger partial charge in [0.1, 0.15) is 17.5 Å². The molecular weight excluding hydrogens is 438 g/mol. The van der Waals surface area contributed by atoms with Crippen LogP contribution in [0.2, 0.25) is 0 Å². The van der Waals surface area contributed by atoms with Gasteiger partial charge in [-0.15, -0.1) is 0 Å². The smallest absolute Gasteiger partial charge is 0.185 e. The standard InChI is InChI=1S/C29H23N3O3/c1-34-22-14-21(15-23(16-22)35-2)26-27(28(33)20-9-4-3-5-10-20)32-24-11-7-6-8-19(24)12-13-25(32)29(26,17-30)18-31/h3-16,25-27H,1-2H3/t25-,26-,27+/m1/s1. The second-order valence-electron chi connectivity index (χ2n) is 8.66. The van der Waals surface area contributed by atoms with Gasteiger partial charge in [-0.2, -0.15) is 10.5 Å². The average Bonchev–Trinajstić information content (AvgIpc) is 3.23. The Balaban J connectivity index is 1.81.